The molecule has 8 heteroatoms. The highest BCUT2D eigenvalue weighted by Gasteiger charge is 2.34. The second-order valence-electron chi connectivity index (χ2n) is 13.8. The molecule has 0 fully saturated rings. The van der Waals surface area contributed by atoms with Crippen molar-refractivity contribution in [2.75, 3.05) is 6.79 Å². The fourth-order valence-electron chi connectivity index (χ4n) is 3.41. The summed E-state index contributed by atoms with van der Waals surface area (Å²) in [5, 5.41) is 0. The van der Waals surface area contributed by atoms with Crippen LogP contribution in [0.4, 0.5) is 8.78 Å². The van der Waals surface area contributed by atoms with Crippen LogP contribution in [0.1, 0.15) is 151 Å². The number of alkyl halides is 2. The number of rotatable bonds is 17. The third-order valence-corrected chi connectivity index (χ3v) is 4.73. The molecule has 6 nitrogen and oxygen atoms in total. The molecule has 0 rings (SSSR count). The topological polar surface area (TPSA) is 55.4 Å². The van der Waals surface area contributed by atoms with Gasteiger partial charge in [-0.2, -0.15) is 0 Å². The molecule has 1 atom stereocenters. The lowest BCUT2D eigenvalue weighted by atomic mass is 9.97. The van der Waals surface area contributed by atoms with Crippen LogP contribution in [0.25, 0.3) is 0 Å². The Hall–Kier alpha value is -0.380. The first-order valence-electron chi connectivity index (χ1n) is 16.1. The van der Waals surface area contributed by atoms with Gasteiger partial charge in [-0.1, -0.05) is 27.7 Å². The molecule has 0 N–H and O–H groups in total. The normalized spacial score (nSPS) is 13.1. The first kappa shape index (κ1) is 48.5. The molecule has 0 amide bonds. The van der Waals surface area contributed by atoms with E-state index in [1.807, 2.05) is 27.7 Å². The second-order valence-corrected chi connectivity index (χ2v) is 13.8. The molecule has 1 unspecified atom stereocenters. The molecule has 42 heavy (non-hydrogen) atoms. The second kappa shape index (κ2) is 27.0. The van der Waals surface area contributed by atoms with Crippen LogP contribution in [-0.2, 0) is 28.4 Å². The predicted octanol–water partition coefficient (Wildman–Crippen LogP) is 10.7. The quantitative estimate of drug-likeness (QED) is 0.152. The van der Waals surface area contributed by atoms with E-state index in [1.165, 1.54) is 34.1 Å². The number of ether oxygens (including phenoxy) is 6. The SMILES string of the molecule is CC(C)CC(C)OC(C)C.CC(C)CCC(C)(C)OC(C)C.CC(C)OC(F)(F)OC(C)C.CC(C)OCOC(C)C. The number of hydrogen-bond donors (Lipinski definition) is 0. The van der Waals surface area contributed by atoms with Gasteiger partial charge in [0.15, 0.2) is 0 Å². The molecule has 0 saturated heterocycles. The van der Waals surface area contributed by atoms with Gasteiger partial charge in [0.05, 0.1) is 48.3 Å². The molecule has 0 aromatic carbocycles. The van der Waals surface area contributed by atoms with Crippen molar-refractivity contribution in [3.63, 3.8) is 0 Å². The monoisotopic (exact) mass is 617 g/mol. The van der Waals surface area contributed by atoms with Crippen molar-refractivity contribution < 1.29 is 37.2 Å². The van der Waals surface area contributed by atoms with Crippen LogP contribution in [0.3, 0.4) is 0 Å². The Morgan fingerprint density at radius 2 is 0.881 bits per heavy atom. The Balaban J connectivity index is -0.000000230. The maximum atomic E-state index is 12.5. The molecule has 0 aliphatic heterocycles. The van der Waals surface area contributed by atoms with Crippen LogP contribution in [0.2, 0.25) is 0 Å². The van der Waals surface area contributed by atoms with Crippen molar-refractivity contribution in [1.29, 1.82) is 0 Å². The summed E-state index contributed by atoms with van der Waals surface area (Å²) in [4.78, 5) is 0. The van der Waals surface area contributed by atoms with Gasteiger partial charge in [0.25, 0.3) is 0 Å². The first-order chi connectivity index (χ1) is 18.8. The van der Waals surface area contributed by atoms with Crippen molar-refractivity contribution in [3.05, 3.63) is 0 Å². The molecule has 0 aromatic heterocycles. The fraction of sp³-hybridized carbons (Fsp3) is 1.00. The summed E-state index contributed by atoms with van der Waals surface area (Å²) in [6.07, 6.45) is 0.698. The Labute approximate surface area is 261 Å². The van der Waals surface area contributed by atoms with Crippen LogP contribution in [0, 0.1) is 11.8 Å². The average Bonchev–Trinajstić information content (AvgIpc) is 2.69. The lowest BCUT2D eigenvalue weighted by Gasteiger charge is -2.28. The van der Waals surface area contributed by atoms with Gasteiger partial charge in [-0.15, -0.1) is 8.78 Å². The van der Waals surface area contributed by atoms with Crippen molar-refractivity contribution >= 4 is 0 Å². The summed E-state index contributed by atoms with van der Waals surface area (Å²) >= 11 is 0. The molecule has 260 valence electrons. The van der Waals surface area contributed by atoms with E-state index in [0.29, 0.717) is 25.1 Å². The van der Waals surface area contributed by atoms with E-state index >= 15 is 0 Å². The zero-order valence-electron chi connectivity index (χ0n) is 31.2. The molecule has 0 aliphatic rings. The van der Waals surface area contributed by atoms with E-state index < -0.39 is 18.5 Å². The van der Waals surface area contributed by atoms with Gasteiger partial charge in [-0.05, 0) is 135 Å². The van der Waals surface area contributed by atoms with Crippen LogP contribution < -0.4 is 0 Å². The van der Waals surface area contributed by atoms with Crippen molar-refractivity contribution in [2.45, 2.75) is 205 Å². The highest BCUT2D eigenvalue weighted by atomic mass is 19.3. The number of hydrogen-bond acceptors (Lipinski definition) is 6. The Kier molecular flexibility index (Phi) is 31.2. The van der Waals surface area contributed by atoms with Crippen LogP contribution in [0.5, 0.6) is 0 Å². The van der Waals surface area contributed by atoms with Gasteiger partial charge in [-0.3, -0.25) is 9.47 Å². The third kappa shape index (κ3) is 49.3. The van der Waals surface area contributed by atoms with Crippen LogP contribution in [0.15, 0.2) is 0 Å². The zero-order chi connectivity index (χ0) is 34.3. The minimum absolute atomic E-state index is 0.0540. The standard InChI is InChI=1S/C11H24O.C9H20O.C7H14F2O2.C7H16O2/c1-9(2)7-8-11(5,6)12-10(3)4;1-7(2)6-9(5)10-8(3)4;1-5(2)10-7(8,9)11-6(3)4;1-6(2)8-5-9-7(3)4/h9-10H,7-8H2,1-6H3;7-9H,6H2,1-5H3;5-6H,1-4H3;6-7H,5H2,1-4H3. The smallest absolute Gasteiger partial charge is 0.376 e. The van der Waals surface area contributed by atoms with Gasteiger partial charge in [0, 0.05) is 0 Å². The molecule has 0 radical (unpaired) electrons. The van der Waals surface area contributed by atoms with Gasteiger partial charge < -0.3 is 18.9 Å². The first-order valence-corrected chi connectivity index (χ1v) is 16.1. The van der Waals surface area contributed by atoms with E-state index in [2.05, 4.69) is 85.6 Å². The molecular formula is C34H74F2O6. The summed E-state index contributed by atoms with van der Waals surface area (Å²) < 4.78 is 55.0. The summed E-state index contributed by atoms with van der Waals surface area (Å²) in [6.45, 7) is 38.3. The van der Waals surface area contributed by atoms with Gasteiger partial charge in [0.1, 0.15) is 6.79 Å². The average molecular weight is 617 g/mol. The summed E-state index contributed by atoms with van der Waals surface area (Å²) in [7, 11) is 0. The Morgan fingerprint density at radius 3 is 1.14 bits per heavy atom. The highest BCUT2D eigenvalue weighted by molar-refractivity contribution is 4.70. The summed E-state index contributed by atoms with van der Waals surface area (Å²) in [5.41, 5.74) is 0.0540. The molecular weight excluding hydrogens is 542 g/mol. The third-order valence-electron chi connectivity index (χ3n) is 4.73. The summed E-state index contributed by atoms with van der Waals surface area (Å²) in [6, 6.07) is 0. The Morgan fingerprint density at radius 1 is 0.500 bits per heavy atom. The lowest BCUT2D eigenvalue weighted by Crippen LogP contribution is -2.31. The molecule has 0 aliphatic carbocycles. The van der Waals surface area contributed by atoms with E-state index in [9.17, 15) is 8.78 Å². The largest absolute Gasteiger partial charge is 0.485 e. The minimum Gasteiger partial charge on any atom is -0.376 e. The highest BCUT2D eigenvalue weighted by Crippen LogP contribution is 2.22. The van der Waals surface area contributed by atoms with E-state index in [-0.39, 0.29) is 17.8 Å². The minimum atomic E-state index is -3.46. The molecule has 0 spiro atoms. The maximum absolute atomic E-state index is 12.5. The van der Waals surface area contributed by atoms with Gasteiger partial charge in [0.2, 0.25) is 0 Å². The molecule has 0 bridgehead atoms. The van der Waals surface area contributed by atoms with Crippen molar-refractivity contribution in [1.82, 2.24) is 0 Å². The van der Waals surface area contributed by atoms with Crippen LogP contribution in [-0.4, -0.2) is 61.4 Å². The van der Waals surface area contributed by atoms with E-state index in [4.69, 9.17) is 18.9 Å². The predicted molar refractivity (Wildman–Crippen MR) is 174 cm³/mol. The van der Waals surface area contributed by atoms with Gasteiger partial charge in [-0.25, -0.2) is 0 Å². The fourth-order valence-corrected chi connectivity index (χ4v) is 3.41. The van der Waals surface area contributed by atoms with Crippen LogP contribution >= 0.6 is 0 Å². The van der Waals surface area contributed by atoms with Crippen molar-refractivity contribution in [3.8, 4) is 0 Å². The maximum Gasteiger partial charge on any atom is 0.485 e. The summed E-state index contributed by atoms with van der Waals surface area (Å²) in [5.74, 6) is 1.52. The number of halogens is 2. The Bertz CT molecular complexity index is 532. The van der Waals surface area contributed by atoms with Crippen molar-refractivity contribution in [2.24, 2.45) is 11.8 Å². The molecule has 0 aromatic rings. The lowest BCUT2D eigenvalue weighted by molar-refractivity contribution is -0.412. The molecule has 0 heterocycles. The van der Waals surface area contributed by atoms with E-state index in [0.717, 1.165) is 24.7 Å². The molecule has 0 saturated carbocycles. The van der Waals surface area contributed by atoms with Gasteiger partial charge >= 0.3 is 6.29 Å². The van der Waals surface area contributed by atoms with E-state index in [1.54, 1.807) is 0 Å². The zero-order valence-corrected chi connectivity index (χ0v) is 31.2.